The molecular formula is C27H28N6O2. The summed E-state index contributed by atoms with van der Waals surface area (Å²) in [5.41, 5.74) is 9.82. The summed E-state index contributed by atoms with van der Waals surface area (Å²) in [5.74, 6) is 0.494. The van der Waals surface area contributed by atoms with Crippen molar-refractivity contribution in [1.82, 2.24) is 24.5 Å². The summed E-state index contributed by atoms with van der Waals surface area (Å²) in [7, 11) is 0. The normalized spacial score (nSPS) is 19.7. The van der Waals surface area contributed by atoms with E-state index in [0.717, 1.165) is 60.3 Å². The largest absolute Gasteiger partial charge is 0.300 e. The molecule has 0 aromatic carbocycles. The standard InChI is InChI=1S/C27H28N6O2/c1-16-10-24-30-23(26(35)18-4-3-5-18)12-25(34)33(24)31-27(16)32-9-8-22-21(15-32)11-20(14-29-22)19-7-6-17(2)28-13-19/h6-7,10-14,18,27,31H,3-5,8-9,15H2,1-2H3. The van der Waals surface area contributed by atoms with Gasteiger partial charge in [-0.05, 0) is 56.0 Å². The van der Waals surface area contributed by atoms with E-state index in [0.29, 0.717) is 12.4 Å². The molecule has 3 aromatic rings. The molecule has 1 aliphatic carbocycles. The molecule has 6 rings (SSSR count). The maximum atomic E-state index is 12.9. The highest BCUT2D eigenvalue weighted by Gasteiger charge is 2.31. The lowest BCUT2D eigenvalue weighted by Crippen LogP contribution is -2.51. The molecule has 1 unspecified atom stereocenters. The predicted octanol–water partition coefficient (Wildman–Crippen LogP) is 3.34. The number of aryl methyl sites for hydroxylation is 1. The van der Waals surface area contributed by atoms with E-state index in [1.165, 1.54) is 16.3 Å². The molecule has 35 heavy (non-hydrogen) atoms. The van der Waals surface area contributed by atoms with Gasteiger partial charge in [-0.2, -0.15) is 0 Å². The molecule has 1 N–H and O–H groups in total. The summed E-state index contributed by atoms with van der Waals surface area (Å²) in [6, 6.07) is 7.65. The van der Waals surface area contributed by atoms with Gasteiger partial charge in [0.15, 0.2) is 11.6 Å². The highest BCUT2D eigenvalue weighted by atomic mass is 16.1. The molecule has 1 atom stereocenters. The fourth-order valence-electron chi connectivity index (χ4n) is 5.07. The lowest BCUT2D eigenvalue weighted by atomic mass is 9.81. The van der Waals surface area contributed by atoms with Crippen LogP contribution in [0.15, 0.2) is 47.0 Å². The van der Waals surface area contributed by atoms with Crippen molar-refractivity contribution in [3.63, 3.8) is 0 Å². The summed E-state index contributed by atoms with van der Waals surface area (Å²) in [4.78, 5) is 41.6. The molecule has 0 saturated heterocycles. The van der Waals surface area contributed by atoms with Gasteiger partial charge >= 0.3 is 0 Å². The van der Waals surface area contributed by atoms with E-state index >= 15 is 0 Å². The van der Waals surface area contributed by atoms with E-state index in [-0.39, 0.29) is 29.1 Å². The molecule has 5 heterocycles. The Kier molecular flexibility index (Phi) is 5.33. The molecule has 3 aliphatic rings. The zero-order valence-corrected chi connectivity index (χ0v) is 20.0. The second-order valence-corrected chi connectivity index (χ2v) is 9.82. The Labute approximate surface area is 203 Å². The van der Waals surface area contributed by atoms with Gasteiger partial charge in [0.25, 0.3) is 5.56 Å². The van der Waals surface area contributed by atoms with Crippen molar-refractivity contribution < 1.29 is 4.79 Å². The van der Waals surface area contributed by atoms with Crippen LogP contribution in [0.4, 0.5) is 0 Å². The highest BCUT2D eigenvalue weighted by Crippen LogP contribution is 2.30. The number of carbonyl (C=O) groups is 1. The second kappa shape index (κ2) is 8.53. The summed E-state index contributed by atoms with van der Waals surface area (Å²) >= 11 is 0. The smallest absolute Gasteiger partial charge is 0.273 e. The molecule has 178 valence electrons. The number of rotatable bonds is 4. The fourth-order valence-corrected chi connectivity index (χ4v) is 5.07. The van der Waals surface area contributed by atoms with Crippen molar-refractivity contribution >= 4 is 11.9 Å². The Morgan fingerprint density at radius 2 is 1.91 bits per heavy atom. The third-order valence-electron chi connectivity index (χ3n) is 7.39. The first-order chi connectivity index (χ1) is 17.0. The van der Waals surface area contributed by atoms with Gasteiger partial charge in [-0.1, -0.05) is 12.5 Å². The third kappa shape index (κ3) is 3.97. The number of nitrogens with one attached hydrogen (secondary N) is 1. The van der Waals surface area contributed by atoms with Gasteiger partial charge < -0.3 is 0 Å². The first kappa shape index (κ1) is 21.9. The van der Waals surface area contributed by atoms with Crippen LogP contribution < -0.4 is 11.0 Å². The molecule has 1 saturated carbocycles. The average Bonchev–Trinajstić information content (AvgIpc) is 2.82. The summed E-state index contributed by atoms with van der Waals surface area (Å²) in [6.07, 6.45) is 9.27. The van der Waals surface area contributed by atoms with Gasteiger partial charge in [0.05, 0.1) is 0 Å². The molecule has 8 nitrogen and oxygen atoms in total. The zero-order chi connectivity index (χ0) is 24.1. The van der Waals surface area contributed by atoms with Crippen LogP contribution in [0, 0.1) is 12.8 Å². The molecule has 0 bridgehead atoms. The van der Waals surface area contributed by atoms with Gasteiger partial charge in [-0.3, -0.25) is 29.9 Å². The first-order valence-corrected chi connectivity index (χ1v) is 12.2. The molecule has 1 fully saturated rings. The maximum Gasteiger partial charge on any atom is 0.273 e. The van der Waals surface area contributed by atoms with Crippen LogP contribution in [0.2, 0.25) is 0 Å². The van der Waals surface area contributed by atoms with Crippen molar-refractivity contribution in [2.45, 2.75) is 52.2 Å². The predicted molar refractivity (Wildman–Crippen MR) is 133 cm³/mol. The molecular weight excluding hydrogens is 440 g/mol. The Balaban J connectivity index is 1.25. The van der Waals surface area contributed by atoms with Crippen molar-refractivity contribution in [2.24, 2.45) is 5.92 Å². The van der Waals surface area contributed by atoms with E-state index in [9.17, 15) is 9.59 Å². The fraction of sp³-hybridized carbons (Fsp3) is 0.370. The van der Waals surface area contributed by atoms with Crippen LogP contribution in [0.5, 0.6) is 0 Å². The SMILES string of the molecule is CC1=Cc2nc(C(=O)C3CCC3)cc(=O)n2NC1N1CCc2ncc(-c3ccc(C)nc3)cc2C1. The molecule has 0 radical (unpaired) electrons. The van der Waals surface area contributed by atoms with E-state index in [1.54, 1.807) is 0 Å². The van der Waals surface area contributed by atoms with Crippen LogP contribution >= 0.6 is 0 Å². The van der Waals surface area contributed by atoms with Crippen molar-refractivity contribution in [1.29, 1.82) is 0 Å². The number of hydrogen-bond acceptors (Lipinski definition) is 7. The Hall–Kier alpha value is -3.65. The van der Waals surface area contributed by atoms with Crippen LogP contribution in [0.3, 0.4) is 0 Å². The van der Waals surface area contributed by atoms with Gasteiger partial charge in [-0.25, -0.2) is 9.66 Å². The van der Waals surface area contributed by atoms with Crippen LogP contribution in [-0.2, 0) is 13.0 Å². The minimum absolute atomic E-state index is 0.00959. The number of nitrogens with zero attached hydrogens (tertiary/aromatic N) is 5. The molecule has 0 spiro atoms. The van der Waals surface area contributed by atoms with Crippen LogP contribution in [-0.4, -0.2) is 43.0 Å². The summed E-state index contributed by atoms with van der Waals surface area (Å²) in [5, 5.41) is 0. The van der Waals surface area contributed by atoms with E-state index in [2.05, 4.69) is 32.4 Å². The van der Waals surface area contributed by atoms with Gasteiger partial charge in [0, 0.05) is 66.4 Å². The van der Waals surface area contributed by atoms with Crippen molar-refractivity contribution in [3.8, 4) is 11.1 Å². The number of fused-ring (bicyclic) bond motifs is 2. The Morgan fingerprint density at radius 3 is 2.66 bits per heavy atom. The van der Waals surface area contributed by atoms with Crippen molar-refractivity contribution in [2.75, 3.05) is 12.0 Å². The lowest BCUT2D eigenvalue weighted by Gasteiger charge is -2.39. The molecule has 8 heteroatoms. The van der Waals surface area contributed by atoms with Crippen LogP contribution in [0.1, 0.15) is 59.5 Å². The minimum Gasteiger partial charge on any atom is -0.300 e. The van der Waals surface area contributed by atoms with E-state index < -0.39 is 0 Å². The topological polar surface area (TPSA) is 93.0 Å². The monoisotopic (exact) mass is 468 g/mol. The van der Waals surface area contributed by atoms with Gasteiger partial charge in [0.1, 0.15) is 11.9 Å². The molecule has 0 amide bonds. The molecule has 2 aliphatic heterocycles. The summed E-state index contributed by atoms with van der Waals surface area (Å²) in [6.45, 7) is 5.56. The first-order valence-electron chi connectivity index (χ1n) is 12.2. The summed E-state index contributed by atoms with van der Waals surface area (Å²) < 4.78 is 1.47. The number of aromatic nitrogens is 4. The lowest BCUT2D eigenvalue weighted by molar-refractivity contribution is 0.0849. The minimum atomic E-state index is -0.250. The van der Waals surface area contributed by atoms with Crippen LogP contribution in [0.25, 0.3) is 17.2 Å². The maximum absolute atomic E-state index is 12.9. The van der Waals surface area contributed by atoms with Gasteiger partial charge in [0.2, 0.25) is 0 Å². The van der Waals surface area contributed by atoms with Crippen molar-refractivity contribution in [3.05, 3.63) is 81.1 Å². The second-order valence-electron chi connectivity index (χ2n) is 9.82. The number of hydrogen-bond donors (Lipinski definition) is 1. The number of ketones is 1. The number of pyridine rings is 2. The number of Topliss-reactive ketones (excluding diaryl/α,β-unsaturated/α-hetero) is 1. The van der Waals surface area contributed by atoms with E-state index in [1.807, 2.05) is 38.4 Å². The third-order valence-corrected chi connectivity index (χ3v) is 7.39. The Morgan fingerprint density at radius 1 is 1.09 bits per heavy atom. The van der Waals surface area contributed by atoms with Gasteiger partial charge in [-0.15, -0.1) is 0 Å². The highest BCUT2D eigenvalue weighted by molar-refractivity contribution is 5.96. The number of carbonyl (C=O) groups excluding carboxylic acids is 1. The quantitative estimate of drug-likeness (QED) is 0.587. The Bertz CT molecular complexity index is 1400. The zero-order valence-electron chi connectivity index (χ0n) is 20.0. The van der Waals surface area contributed by atoms with E-state index in [4.69, 9.17) is 4.98 Å². The molecule has 3 aromatic heterocycles. The average molecular weight is 469 g/mol.